The molecule has 148 valence electrons. The second-order valence-electron chi connectivity index (χ2n) is 10.2. The van der Waals surface area contributed by atoms with Crippen LogP contribution in [0.4, 0.5) is 0 Å². The SMILES string of the molecule is CCCCCCC[C@@H]1CCC2C(CCC3C[C@](C#N)(CCC)CCC32)C1. The fourth-order valence-electron chi connectivity index (χ4n) is 7.18. The van der Waals surface area contributed by atoms with E-state index in [2.05, 4.69) is 19.9 Å². The summed E-state index contributed by atoms with van der Waals surface area (Å²) in [5.41, 5.74) is 0.0401. The molecule has 0 spiro atoms. The number of unbranched alkanes of at least 4 members (excludes halogenated alkanes) is 4. The number of hydrogen-bond acceptors (Lipinski definition) is 1. The molecule has 4 unspecified atom stereocenters. The van der Waals surface area contributed by atoms with Gasteiger partial charge >= 0.3 is 0 Å². The van der Waals surface area contributed by atoms with Crippen molar-refractivity contribution in [3.63, 3.8) is 0 Å². The topological polar surface area (TPSA) is 23.8 Å². The highest BCUT2D eigenvalue weighted by molar-refractivity contribution is 5.06. The monoisotopic (exact) mass is 357 g/mol. The highest BCUT2D eigenvalue weighted by atomic mass is 14.5. The molecule has 3 saturated carbocycles. The minimum absolute atomic E-state index is 0.0401. The Balaban J connectivity index is 1.48. The number of nitrogens with zero attached hydrogens (tertiary/aromatic N) is 1. The molecule has 1 heteroatoms. The first kappa shape index (κ1) is 20.2. The zero-order valence-electron chi connectivity index (χ0n) is 17.6. The Bertz CT molecular complexity index is 463. The van der Waals surface area contributed by atoms with Gasteiger partial charge in [-0.2, -0.15) is 5.26 Å². The van der Waals surface area contributed by atoms with Gasteiger partial charge in [-0.1, -0.05) is 65.2 Å². The minimum atomic E-state index is 0.0401. The lowest BCUT2D eigenvalue weighted by atomic mass is 9.52. The normalized spacial score (nSPS) is 39.7. The van der Waals surface area contributed by atoms with E-state index in [1.165, 1.54) is 89.9 Å². The van der Waals surface area contributed by atoms with E-state index in [-0.39, 0.29) is 5.41 Å². The Kier molecular flexibility index (Phi) is 7.48. The molecule has 3 rings (SSSR count). The van der Waals surface area contributed by atoms with Crippen LogP contribution in [0.1, 0.15) is 117 Å². The van der Waals surface area contributed by atoms with E-state index in [0.717, 1.165) is 36.0 Å². The molecular formula is C25H43N. The number of hydrogen-bond donors (Lipinski definition) is 0. The lowest BCUT2D eigenvalue weighted by Crippen LogP contribution is -2.44. The third-order valence-corrected chi connectivity index (χ3v) is 8.50. The predicted octanol–water partition coefficient (Wildman–Crippen LogP) is 7.90. The van der Waals surface area contributed by atoms with Crippen LogP contribution in [0.25, 0.3) is 0 Å². The predicted molar refractivity (Wildman–Crippen MR) is 111 cm³/mol. The molecular weight excluding hydrogens is 314 g/mol. The Morgan fingerprint density at radius 2 is 1.62 bits per heavy atom. The molecule has 3 fully saturated rings. The van der Waals surface area contributed by atoms with Gasteiger partial charge in [-0.3, -0.25) is 0 Å². The Hall–Kier alpha value is -0.510. The van der Waals surface area contributed by atoms with Gasteiger partial charge in [0, 0.05) is 0 Å². The number of rotatable bonds is 8. The van der Waals surface area contributed by atoms with Gasteiger partial charge in [0.1, 0.15) is 0 Å². The quantitative estimate of drug-likeness (QED) is 0.405. The molecule has 0 bridgehead atoms. The van der Waals surface area contributed by atoms with E-state index in [1.807, 2.05) is 0 Å². The van der Waals surface area contributed by atoms with Crippen molar-refractivity contribution in [1.82, 2.24) is 0 Å². The van der Waals surface area contributed by atoms with Crippen molar-refractivity contribution in [1.29, 1.82) is 5.26 Å². The van der Waals surface area contributed by atoms with Gasteiger partial charge in [-0.15, -0.1) is 0 Å². The molecule has 3 aliphatic rings. The maximum atomic E-state index is 9.82. The minimum Gasteiger partial charge on any atom is -0.198 e. The first-order valence-electron chi connectivity index (χ1n) is 12.1. The van der Waals surface area contributed by atoms with Gasteiger partial charge in [0.15, 0.2) is 0 Å². The molecule has 0 aliphatic heterocycles. The highest BCUT2D eigenvalue weighted by Gasteiger charge is 2.48. The van der Waals surface area contributed by atoms with Gasteiger partial charge in [0.05, 0.1) is 11.5 Å². The van der Waals surface area contributed by atoms with E-state index < -0.39 is 0 Å². The van der Waals surface area contributed by atoms with Crippen molar-refractivity contribution in [3.05, 3.63) is 0 Å². The largest absolute Gasteiger partial charge is 0.198 e. The first-order valence-corrected chi connectivity index (χ1v) is 12.1. The van der Waals surface area contributed by atoms with Crippen molar-refractivity contribution < 1.29 is 0 Å². The molecule has 3 aliphatic carbocycles. The van der Waals surface area contributed by atoms with Crippen molar-refractivity contribution in [2.45, 2.75) is 117 Å². The Morgan fingerprint density at radius 3 is 2.38 bits per heavy atom. The average molecular weight is 358 g/mol. The van der Waals surface area contributed by atoms with Crippen LogP contribution in [-0.2, 0) is 0 Å². The molecule has 6 atom stereocenters. The van der Waals surface area contributed by atoms with Crippen LogP contribution in [0.5, 0.6) is 0 Å². The van der Waals surface area contributed by atoms with Crippen LogP contribution >= 0.6 is 0 Å². The smallest absolute Gasteiger partial charge is 0.0689 e. The van der Waals surface area contributed by atoms with Gasteiger partial charge < -0.3 is 0 Å². The van der Waals surface area contributed by atoms with E-state index in [4.69, 9.17) is 0 Å². The molecule has 1 nitrogen and oxygen atoms in total. The average Bonchev–Trinajstić information content (AvgIpc) is 2.67. The third-order valence-electron chi connectivity index (χ3n) is 8.50. The summed E-state index contributed by atoms with van der Waals surface area (Å²) in [5.74, 6) is 4.94. The third kappa shape index (κ3) is 4.66. The fourth-order valence-corrected chi connectivity index (χ4v) is 7.18. The van der Waals surface area contributed by atoms with Crippen LogP contribution in [0, 0.1) is 46.3 Å². The summed E-state index contributed by atoms with van der Waals surface area (Å²) in [6.45, 7) is 4.57. The van der Waals surface area contributed by atoms with Gasteiger partial charge in [-0.25, -0.2) is 0 Å². The van der Waals surface area contributed by atoms with Gasteiger partial charge in [0.25, 0.3) is 0 Å². The second-order valence-corrected chi connectivity index (χ2v) is 10.2. The van der Waals surface area contributed by atoms with Crippen molar-refractivity contribution in [2.24, 2.45) is 35.0 Å². The summed E-state index contributed by atoms with van der Waals surface area (Å²) in [5, 5.41) is 9.82. The van der Waals surface area contributed by atoms with E-state index in [0.29, 0.717) is 0 Å². The van der Waals surface area contributed by atoms with Gasteiger partial charge in [-0.05, 0) is 81.0 Å². The lowest BCUT2D eigenvalue weighted by molar-refractivity contribution is -0.0178. The Labute approximate surface area is 163 Å². The molecule has 26 heavy (non-hydrogen) atoms. The van der Waals surface area contributed by atoms with E-state index >= 15 is 0 Å². The van der Waals surface area contributed by atoms with Gasteiger partial charge in [0.2, 0.25) is 0 Å². The second kappa shape index (κ2) is 9.61. The zero-order chi connectivity index (χ0) is 18.4. The van der Waals surface area contributed by atoms with Crippen molar-refractivity contribution in [2.75, 3.05) is 0 Å². The summed E-state index contributed by atoms with van der Waals surface area (Å²) < 4.78 is 0. The lowest BCUT2D eigenvalue weighted by Gasteiger charge is -2.52. The van der Waals surface area contributed by atoms with E-state index in [9.17, 15) is 5.26 Å². The molecule has 0 aromatic carbocycles. The van der Waals surface area contributed by atoms with E-state index in [1.54, 1.807) is 6.42 Å². The van der Waals surface area contributed by atoms with Crippen LogP contribution in [0.3, 0.4) is 0 Å². The Morgan fingerprint density at radius 1 is 0.846 bits per heavy atom. The highest BCUT2D eigenvalue weighted by Crippen LogP contribution is 2.57. The molecule has 0 radical (unpaired) electrons. The maximum absolute atomic E-state index is 9.82. The van der Waals surface area contributed by atoms with Crippen molar-refractivity contribution in [3.8, 4) is 6.07 Å². The molecule has 0 N–H and O–H groups in total. The summed E-state index contributed by atoms with van der Waals surface area (Å²) >= 11 is 0. The van der Waals surface area contributed by atoms with Crippen molar-refractivity contribution >= 4 is 0 Å². The van der Waals surface area contributed by atoms with Crippen LogP contribution < -0.4 is 0 Å². The van der Waals surface area contributed by atoms with Crippen LogP contribution in [0.2, 0.25) is 0 Å². The maximum Gasteiger partial charge on any atom is 0.0689 e. The zero-order valence-corrected chi connectivity index (χ0v) is 17.6. The molecule has 0 saturated heterocycles. The first-order chi connectivity index (χ1) is 12.7. The number of nitriles is 1. The fraction of sp³-hybridized carbons (Fsp3) is 0.960. The summed E-state index contributed by atoms with van der Waals surface area (Å²) in [6, 6.07) is 2.77. The standard InChI is InChI=1S/C25H43N/c1-3-5-6-7-8-9-20-10-13-23-21(17-20)11-12-22-18-25(19-26,15-4-2)16-14-24(22)23/h20-24H,3-18H2,1-2H3/t20-,21?,22?,23?,24?,25+/m1/s1. The summed E-state index contributed by atoms with van der Waals surface area (Å²) in [7, 11) is 0. The van der Waals surface area contributed by atoms with Crippen LogP contribution in [-0.4, -0.2) is 0 Å². The molecule has 0 aromatic heterocycles. The molecule has 0 heterocycles. The van der Waals surface area contributed by atoms with Crippen LogP contribution in [0.15, 0.2) is 0 Å². The summed E-state index contributed by atoms with van der Waals surface area (Å²) in [4.78, 5) is 0. The number of fused-ring (bicyclic) bond motifs is 3. The summed E-state index contributed by atoms with van der Waals surface area (Å²) in [6.07, 6.45) is 22.3. The molecule has 0 amide bonds. The molecule has 0 aromatic rings.